The molecule has 2 aromatic carbocycles. The van der Waals surface area contributed by atoms with Crippen LogP contribution in [0.3, 0.4) is 0 Å². The van der Waals surface area contributed by atoms with Gasteiger partial charge in [0.2, 0.25) is 0 Å². The summed E-state index contributed by atoms with van der Waals surface area (Å²) in [5.41, 5.74) is 1.95. The highest BCUT2D eigenvalue weighted by Gasteiger charge is 2.25. The number of rotatable bonds is 6. The van der Waals surface area contributed by atoms with Crippen LogP contribution in [-0.4, -0.2) is 34.0 Å². The molecule has 2 atom stereocenters. The number of nitrogens with one attached hydrogen (secondary N) is 1. The SMILES string of the molecule is CCSC1CCCC(NC(=O)c2ccccc2-c2ccccc2C(=O)O)C1. The van der Waals surface area contributed by atoms with Crippen LogP contribution in [0.15, 0.2) is 48.5 Å². The lowest BCUT2D eigenvalue weighted by molar-refractivity contribution is 0.0697. The monoisotopic (exact) mass is 383 g/mol. The average Bonchev–Trinajstić information content (AvgIpc) is 2.68. The molecule has 2 aromatic rings. The molecule has 1 aliphatic rings. The summed E-state index contributed by atoms with van der Waals surface area (Å²) < 4.78 is 0. The molecule has 0 heterocycles. The molecule has 3 rings (SSSR count). The van der Waals surface area contributed by atoms with Gasteiger partial charge in [-0.05, 0) is 48.3 Å². The van der Waals surface area contributed by atoms with Gasteiger partial charge in [-0.25, -0.2) is 4.79 Å². The molecule has 4 nitrogen and oxygen atoms in total. The Labute approximate surface area is 164 Å². The molecule has 0 spiro atoms. The van der Waals surface area contributed by atoms with Crippen molar-refractivity contribution in [2.24, 2.45) is 0 Å². The quantitative estimate of drug-likeness (QED) is 0.749. The van der Waals surface area contributed by atoms with Gasteiger partial charge in [0.15, 0.2) is 0 Å². The van der Waals surface area contributed by atoms with Crippen LogP contribution in [0.5, 0.6) is 0 Å². The fourth-order valence-corrected chi connectivity index (χ4v) is 4.92. The lowest BCUT2D eigenvalue weighted by Gasteiger charge is -2.29. The van der Waals surface area contributed by atoms with E-state index in [0.29, 0.717) is 21.9 Å². The topological polar surface area (TPSA) is 66.4 Å². The Balaban J connectivity index is 1.84. The van der Waals surface area contributed by atoms with E-state index < -0.39 is 5.97 Å². The van der Waals surface area contributed by atoms with Crippen molar-refractivity contribution in [3.8, 4) is 11.1 Å². The Hall–Kier alpha value is -2.27. The van der Waals surface area contributed by atoms with Gasteiger partial charge >= 0.3 is 5.97 Å². The maximum absolute atomic E-state index is 13.0. The summed E-state index contributed by atoms with van der Waals surface area (Å²) in [6.45, 7) is 2.17. The van der Waals surface area contributed by atoms with Gasteiger partial charge in [0, 0.05) is 16.9 Å². The number of aromatic carboxylic acids is 1. The zero-order chi connectivity index (χ0) is 19.2. The largest absolute Gasteiger partial charge is 0.478 e. The Kier molecular flexibility index (Phi) is 6.56. The highest BCUT2D eigenvalue weighted by molar-refractivity contribution is 7.99. The molecule has 0 saturated heterocycles. The Morgan fingerprint density at radius 1 is 1.04 bits per heavy atom. The highest BCUT2D eigenvalue weighted by Crippen LogP contribution is 2.30. The Bertz CT molecular complexity index is 819. The van der Waals surface area contributed by atoms with Gasteiger partial charge in [0.25, 0.3) is 5.91 Å². The zero-order valence-corrected chi connectivity index (χ0v) is 16.3. The van der Waals surface area contributed by atoms with Crippen molar-refractivity contribution < 1.29 is 14.7 Å². The van der Waals surface area contributed by atoms with Crippen LogP contribution in [0, 0.1) is 0 Å². The van der Waals surface area contributed by atoms with Crippen LogP contribution in [0.4, 0.5) is 0 Å². The first-order chi connectivity index (χ1) is 13.1. The minimum atomic E-state index is -0.993. The lowest BCUT2D eigenvalue weighted by Crippen LogP contribution is -2.39. The number of thioether (sulfide) groups is 1. The molecule has 27 heavy (non-hydrogen) atoms. The predicted molar refractivity (Wildman–Crippen MR) is 110 cm³/mol. The second kappa shape index (κ2) is 9.09. The number of amides is 1. The van der Waals surface area contributed by atoms with E-state index in [1.54, 1.807) is 30.3 Å². The first-order valence-corrected chi connectivity index (χ1v) is 10.5. The number of hydrogen-bond donors (Lipinski definition) is 2. The molecule has 5 heteroatoms. The van der Waals surface area contributed by atoms with Crippen LogP contribution in [0.25, 0.3) is 11.1 Å². The van der Waals surface area contributed by atoms with Crippen molar-refractivity contribution in [1.82, 2.24) is 5.32 Å². The van der Waals surface area contributed by atoms with Crippen molar-refractivity contribution in [2.45, 2.75) is 43.9 Å². The molecule has 142 valence electrons. The molecule has 0 radical (unpaired) electrons. The number of hydrogen-bond acceptors (Lipinski definition) is 3. The van der Waals surface area contributed by atoms with Crippen LogP contribution < -0.4 is 5.32 Å². The number of carbonyl (C=O) groups is 2. The van der Waals surface area contributed by atoms with Crippen LogP contribution in [0.2, 0.25) is 0 Å². The first-order valence-electron chi connectivity index (χ1n) is 9.44. The van der Waals surface area contributed by atoms with Crippen molar-refractivity contribution in [2.75, 3.05) is 5.75 Å². The average molecular weight is 384 g/mol. The summed E-state index contributed by atoms with van der Waals surface area (Å²) >= 11 is 1.97. The fraction of sp³-hybridized carbons (Fsp3) is 0.364. The van der Waals surface area contributed by atoms with Crippen LogP contribution >= 0.6 is 11.8 Å². The van der Waals surface area contributed by atoms with Crippen molar-refractivity contribution >= 4 is 23.6 Å². The third kappa shape index (κ3) is 4.72. The van der Waals surface area contributed by atoms with Gasteiger partial charge in [0.05, 0.1) is 5.56 Å². The standard InChI is InChI=1S/C22H25NO3S/c1-2-27-16-9-7-8-15(14-16)23-21(24)19-12-5-3-10-17(19)18-11-4-6-13-20(18)22(25)26/h3-6,10-13,15-16H,2,7-9,14H2,1H3,(H,23,24)(H,25,26). The second-order valence-corrected chi connectivity index (χ2v) is 8.39. The number of carboxylic acid groups (broad SMARTS) is 1. The molecule has 1 fully saturated rings. The second-order valence-electron chi connectivity index (χ2n) is 6.81. The van der Waals surface area contributed by atoms with Crippen molar-refractivity contribution in [3.05, 3.63) is 59.7 Å². The van der Waals surface area contributed by atoms with E-state index in [1.165, 1.54) is 6.42 Å². The first kappa shape index (κ1) is 19.5. The number of carboxylic acids is 1. The van der Waals surface area contributed by atoms with E-state index in [1.807, 2.05) is 30.0 Å². The Morgan fingerprint density at radius 2 is 1.67 bits per heavy atom. The summed E-state index contributed by atoms with van der Waals surface area (Å²) in [6, 6.07) is 14.2. The van der Waals surface area contributed by atoms with E-state index in [4.69, 9.17) is 0 Å². The summed E-state index contributed by atoms with van der Waals surface area (Å²) in [6.07, 6.45) is 4.35. The van der Waals surface area contributed by atoms with E-state index in [9.17, 15) is 14.7 Å². The lowest BCUT2D eigenvalue weighted by atomic mass is 9.93. The fourth-order valence-electron chi connectivity index (χ4n) is 3.75. The molecular weight excluding hydrogens is 358 g/mol. The maximum Gasteiger partial charge on any atom is 0.336 e. The summed E-state index contributed by atoms with van der Waals surface area (Å²) in [5.74, 6) is -0.0226. The normalized spacial score (nSPS) is 19.4. The summed E-state index contributed by atoms with van der Waals surface area (Å²) in [7, 11) is 0. The number of carbonyl (C=O) groups excluding carboxylic acids is 1. The minimum absolute atomic E-state index is 0.127. The van der Waals surface area contributed by atoms with Gasteiger partial charge in [0.1, 0.15) is 0 Å². The third-order valence-corrected chi connectivity index (χ3v) is 6.22. The van der Waals surface area contributed by atoms with Gasteiger partial charge in [-0.2, -0.15) is 11.8 Å². The van der Waals surface area contributed by atoms with E-state index >= 15 is 0 Å². The molecule has 2 N–H and O–H groups in total. The molecule has 1 aliphatic carbocycles. The van der Waals surface area contributed by atoms with Crippen LogP contribution in [0.1, 0.15) is 53.3 Å². The van der Waals surface area contributed by atoms with Crippen molar-refractivity contribution in [1.29, 1.82) is 0 Å². The maximum atomic E-state index is 13.0. The third-order valence-electron chi connectivity index (χ3n) is 4.98. The van der Waals surface area contributed by atoms with Crippen LogP contribution in [-0.2, 0) is 0 Å². The van der Waals surface area contributed by atoms with E-state index in [2.05, 4.69) is 12.2 Å². The summed E-state index contributed by atoms with van der Waals surface area (Å²) in [5, 5.41) is 13.3. The molecular formula is C22H25NO3S. The Morgan fingerprint density at radius 3 is 2.33 bits per heavy atom. The van der Waals surface area contributed by atoms with E-state index in [0.717, 1.165) is 25.0 Å². The smallest absolute Gasteiger partial charge is 0.336 e. The molecule has 1 amide bonds. The van der Waals surface area contributed by atoms with E-state index in [-0.39, 0.29) is 17.5 Å². The van der Waals surface area contributed by atoms with Gasteiger partial charge in [-0.15, -0.1) is 0 Å². The van der Waals surface area contributed by atoms with Gasteiger partial charge in [-0.3, -0.25) is 4.79 Å². The highest BCUT2D eigenvalue weighted by atomic mass is 32.2. The zero-order valence-electron chi connectivity index (χ0n) is 15.5. The minimum Gasteiger partial charge on any atom is -0.478 e. The van der Waals surface area contributed by atoms with Crippen molar-refractivity contribution in [3.63, 3.8) is 0 Å². The molecule has 2 unspecified atom stereocenters. The summed E-state index contributed by atoms with van der Waals surface area (Å²) in [4.78, 5) is 24.6. The molecule has 0 aliphatic heterocycles. The molecule has 0 aromatic heterocycles. The predicted octanol–water partition coefficient (Wildman–Crippen LogP) is 4.85. The molecule has 0 bridgehead atoms. The number of benzene rings is 2. The van der Waals surface area contributed by atoms with Gasteiger partial charge < -0.3 is 10.4 Å². The molecule has 1 saturated carbocycles. The van der Waals surface area contributed by atoms with Gasteiger partial charge in [-0.1, -0.05) is 49.7 Å².